The van der Waals surface area contributed by atoms with Crippen molar-refractivity contribution in [2.24, 2.45) is 0 Å². The average Bonchev–Trinajstić information content (AvgIpc) is 2.80. The number of carboxylic acid groups (broad SMARTS) is 1. The fraction of sp³-hybridized carbons (Fsp3) is 0.250. The maximum absolute atomic E-state index is 11.1. The zero-order valence-corrected chi connectivity index (χ0v) is 12.1. The van der Waals surface area contributed by atoms with E-state index in [1.165, 1.54) is 11.5 Å². The molecule has 0 spiro atoms. The average molecular weight is 328 g/mol. The number of fused-ring (bicyclic) bond motifs is 1. The number of hydroxylamine groups is 1. The van der Waals surface area contributed by atoms with Gasteiger partial charge in [0.2, 0.25) is 0 Å². The minimum atomic E-state index is -0.969. The van der Waals surface area contributed by atoms with E-state index in [9.17, 15) is 9.59 Å². The van der Waals surface area contributed by atoms with E-state index in [0.29, 0.717) is 27.9 Å². The predicted molar refractivity (Wildman–Crippen MR) is 79.0 cm³/mol. The second-order valence-electron chi connectivity index (χ2n) is 4.50. The first-order valence-corrected chi connectivity index (χ1v) is 6.64. The normalized spacial score (nSPS) is 10.6. The number of nitrogens with one attached hydrogen (secondary N) is 2. The number of hydrogen-bond acceptors (Lipinski definition) is 6. The number of anilines is 2. The van der Waals surface area contributed by atoms with Crippen molar-refractivity contribution in [3.05, 3.63) is 23.0 Å². The topological polar surface area (TPSA) is 142 Å². The van der Waals surface area contributed by atoms with Crippen LogP contribution >= 0.6 is 11.6 Å². The van der Waals surface area contributed by atoms with Crippen LogP contribution in [0.1, 0.15) is 12.1 Å². The molecule has 0 saturated carbocycles. The maximum atomic E-state index is 11.1. The van der Waals surface area contributed by atoms with Gasteiger partial charge in [-0.15, -0.1) is 0 Å². The van der Waals surface area contributed by atoms with E-state index in [1.54, 1.807) is 10.6 Å². The molecule has 0 saturated heterocycles. The van der Waals surface area contributed by atoms with Gasteiger partial charge in [0.05, 0.1) is 29.4 Å². The molecular formula is C12H14ClN5O4. The largest absolute Gasteiger partial charge is 0.481 e. The summed E-state index contributed by atoms with van der Waals surface area (Å²) in [6.07, 6.45) is 1.61. The molecule has 6 N–H and O–H groups in total. The summed E-state index contributed by atoms with van der Waals surface area (Å²) in [5.74, 6) is -1.32. The summed E-state index contributed by atoms with van der Waals surface area (Å²) >= 11 is 5.96. The van der Waals surface area contributed by atoms with Crippen molar-refractivity contribution in [3.63, 3.8) is 0 Å². The van der Waals surface area contributed by atoms with Gasteiger partial charge in [-0.05, 0) is 6.07 Å². The van der Waals surface area contributed by atoms with E-state index < -0.39 is 11.9 Å². The summed E-state index contributed by atoms with van der Waals surface area (Å²) < 4.78 is 1.58. The molecule has 0 radical (unpaired) electrons. The number of hydrogen-bond donors (Lipinski definition) is 5. The molecule has 1 amide bonds. The lowest BCUT2D eigenvalue weighted by Crippen LogP contribution is -2.27. The highest BCUT2D eigenvalue weighted by atomic mass is 35.5. The number of nitrogens with zero attached hydrogens (tertiary/aromatic N) is 2. The van der Waals surface area contributed by atoms with Crippen molar-refractivity contribution in [2.75, 3.05) is 17.6 Å². The van der Waals surface area contributed by atoms with Crippen molar-refractivity contribution in [2.45, 2.75) is 12.8 Å². The fourth-order valence-electron chi connectivity index (χ4n) is 1.99. The highest BCUT2D eigenvalue weighted by Gasteiger charge is 2.16. The van der Waals surface area contributed by atoms with Crippen molar-refractivity contribution in [3.8, 4) is 0 Å². The molecule has 9 nitrogen and oxygen atoms in total. The molecule has 0 unspecified atom stereocenters. The van der Waals surface area contributed by atoms with Gasteiger partial charge in [-0.3, -0.25) is 19.2 Å². The number of aromatic nitrogens is 2. The number of pyridine rings is 1. The maximum Gasteiger partial charge on any atom is 0.303 e. The van der Waals surface area contributed by atoms with Crippen molar-refractivity contribution in [1.29, 1.82) is 0 Å². The highest BCUT2D eigenvalue weighted by molar-refractivity contribution is 6.30. The molecule has 2 aromatic rings. The minimum absolute atomic E-state index is 0.124. The van der Waals surface area contributed by atoms with Gasteiger partial charge >= 0.3 is 5.97 Å². The van der Waals surface area contributed by atoms with Crippen molar-refractivity contribution in [1.82, 2.24) is 14.9 Å². The Hall–Kier alpha value is -2.52. The van der Waals surface area contributed by atoms with Crippen LogP contribution in [-0.2, 0) is 16.0 Å². The summed E-state index contributed by atoms with van der Waals surface area (Å²) in [5, 5.41) is 20.4. The van der Waals surface area contributed by atoms with Crippen LogP contribution in [0.3, 0.4) is 0 Å². The summed E-state index contributed by atoms with van der Waals surface area (Å²) in [4.78, 5) is 26.1. The summed E-state index contributed by atoms with van der Waals surface area (Å²) in [6, 6.07) is 1.52. The van der Waals surface area contributed by atoms with E-state index in [0.717, 1.165) is 0 Å². The minimum Gasteiger partial charge on any atom is -0.481 e. The number of aryl methyl sites for hydroxylation is 1. The van der Waals surface area contributed by atoms with Crippen LogP contribution in [0.25, 0.3) is 5.65 Å². The van der Waals surface area contributed by atoms with Crippen LogP contribution in [0.4, 0.5) is 11.5 Å². The van der Waals surface area contributed by atoms with Crippen LogP contribution < -0.4 is 16.5 Å². The molecule has 2 aromatic heterocycles. The number of amides is 1. The third-order valence-electron chi connectivity index (χ3n) is 2.93. The lowest BCUT2D eigenvalue weighted by atomic mass is 10.2. The van der Waals surface area contributed by atoms with Crippen LogP contribution in [0.2, 0.25) is 5.02 Å². The number of carboxylic acids is 1. The summed E-state index contributed by atoms with van der Waals surface area (Å²) in [5.41, 5.74) is 8.58. The molecule has 0 atom stereocenters. The second-order valence-corrected chi connectivity index (χ2v) is 4.93. The van der Waals surface area contributed by atoms with Gasteiger partial charge in [0.1, 0.15) is 5.82 Å². The fourth-order valence-corrected chi connectivity index (χ4v) is 2.21. The van der Waals surface area contributed by atoms with E-state index in [-0.39, 0.29) is 19.4 Å². The zero-order valence-electron chi connectivity index (χ0n) is 11.3. The van der Waals surface area contributed by atoms with Crippen LogP contribution in [0.15, 0.2) is 12.3 Å². The van der Waals surface area contributed by atoms with Gasteiger partial charge in [0, 0.05) is 12.6 Å². The van der Waals surface area contributed by atoms with Crippen LogP contribution in [0.5, 0.6) is 0 Å². The Kier molecular flexibility index (Phi) is 4.68. The Bertz CT molecular complexity index is 730. The van der Waals surface area contributed by atoms with E-state index >= 15 is 0 Å². The van der Waals surface area contributed by atoms with E-state index in [1.807, 2.05) is 0 Å². The SMILES string of the molecule is Nc1cc(Cl)cn2c(CCC(=O)O)c(NCC(=O)NO)nc12. The number of imidazole rings is 1. The Morgan fingerprint density at radius 3 is 2.82 bits per heavy atom. The molecule has 0 fully saturated rings. The predicted octanol–water partition coefficient (Wildman–Crippen LogP) is 0.504. The second kappa shape index (κ2) is 6.50. The zero-order chi connectivity index (χ0) is 16.3. The standard InChI is InChI=1S/C12H14ClN5O4/c13-6-3-7(14)12-16-11(15-4-9(19)17-22)8(18(12)5-6)1-2-10(20)21/h3,5,15,22H,1-2,4,14H2,(H,17,19)(H,20,21). The van der Waals surface area contributed by atoms with Crippen LogP contribution in [0, 0.1) is 0 Å². The third-order valence-corrected chi connectivity index (χ3v) is 3.14. The Labute approximate surface area is 129 Å². The lowest BCUT2D eigenvalue weighted by molar-refractivity contribution is -0.137. The van der Waals surface area contributed by atoms with Crippen molar-refractivity contribution >= 4 is 40.6 Å². The van der Waals surface area contributed by atoms with Gasteiger partial charge in [-0.2, -0.15) is 0 Å². The number of nitrogens with two attached hydrogens (primary N) is 1. The van der Waals surface area contributed by atoms with Gasteiger partial charge in [-0.1, -0.05) is 11.6 Å². The molecule has 0 aliphatic rings. The van der Waals surface area contributed by atoms with Gasteiger partial charge < -0.3 is 16.2 Å². The monoisotopic (exact) mass is 327 g/mol. The van der Waals surface area contributed by atoms with Gasteiger partial charge in [0.25, 0.3) is 5.91 Å². The van der Waals surface area contributed by atoms with Crippen LogP contribution in [-0.4, -0.2) is 38.1 Å². The molecule has 10 heteroatoms. The van der Waals surface area contributed by atoms with Gasteiger partial charge in [0.15, 0.2) is 5.65 Å². The number of rotatable bonds is 6. The summed E-state index contributed by atoms with van der Waals surface area (Å²) in [7, 11) is 0. The van der Waals surface area contributed by atoms with Crippen molar-refractivity contribution < 1.29 is 19.9 Å². The number of halogens is 1. The molecule has 0 aromatic carbocycles. The summed E-state index contributed by atoms with van der Waals surface area (Å²) in [6.45, 7) is -0.228. The first-order valence-electron chi connectivity index (χ1n) is 6.27. The first kappa shape index (κ1) is 15.9. The number of carbonyl (C=O) groups excluding carboxylic acids is 1. The molecule has 22 heavy (non-hydrogen) atoms. The molecular weight excluding hydrogens is 314 g/mol. The molecule has 2 rings (SSSR count). The highest BCUT2D eigenvalue weighted by Crippen LogP contribution is 2.26. The van der Waals surface area contributed by atoms with E-state index in [2.05, 4.69) is 10.3 Å². The third kappa shape index (κ3) is 3.38. The molecule has 0 aliphatic heterocycles. The molecule has 2 heterocycles. The molecule has 118 valence electrons. The van der Waals surface area contributed by atoms with E-state index in [4.69, 9.17) is 27.6 Å². The number of carbonyl (C=O) groups is 2. The number of nitrogen functional groups attached to an aromatic ring is 1. The first-order chi connectivity index (χ1) is 10.4. The number of aliphatic carboxylic acids is 1. The Balaban J connectivity index is 2.43. The smallest absolute Gasteiger partial charge is 0.303 e. The Morgan fingerprint density at radius 2 is 2.18 bits per heavy atom. The Morgan fingerprint density at radius 1 is 1.45 bits per heavy atom. The lowest BCUT2D eigenvalue weighted by Gasteiger charge is -2.06. The molecule has 0 bridgehead atoms. The van der Waals surface area contributed by atoms with Gasteiger partial charge in [-0.25, -0.2) is 10.5 Å². The quantitative estimate of drug-likeness (QED) is 0.384. The molecule has 0 aliphatic carbocycles.